The molecule has 4 rings (SSSR count). The van der Waals surface area contributed by atoms with Crippen LogP contribution in [0.3, 0.4) is 0 Å². The molecule has 16 radical (unpaired) electrons. The summed E-state index contributed by atoms with van der Waals surface area (Å²) >= 11 is 8.46. The van der Waals surface area contributed by atoms with E-state index >= 15 is 0 Å². The summed E-state index contributed by atoms with van der Waals surface area (Å²) in [6, 6.07) is 0. The van der Waals surface area contributed by atoms with E-state index in [-0.39, 0.29) is 169 Å². The Kier molecular flexibility index (Phi) is 90.3. The van der Waals surface area contributed by atoms with Crippen molar-refractivity contribution in [2.45, 2.75) is 68.8 Å². The first-order chi connectivity index (χ1) is 22.9. The standard InChI is InChI=1S/C5H12S2.C4H10S4.2C2H6S.CH4S4.3CH4S2.2CH4S.3CH4.8Sn/c1-5(2)7-4-6-3;1-2-7-3-8-4(5)6;2*1-2-3;2-1(3,4)5;3*2-1-3;2*1-2;;;;;;;;;;;/h5H,4H2,1-3H3;4-6H,2-3H2,1H3;2*3H,2H2,1H3;2-5H;3*2-3H,1H2;2*2H,1H3;3*1H4;;;;;;;;/q;;;;;;;;;;;;;8*+2/p-16. The van der Waals surface area contributed by atoms with Gasteiger partial charge in [0.2, 0.25) is 0 Å². The van der Waals surface area contributed by atoms with Gasteiger partial charge in [0.15, 0.2) is 0 Å². The molecule has 0 N–H and O–H groups in total. The average molecular weight is 1910 g/mol. The maximum absolute atomic E-state index is 2.32. The van der Waals surface area contributed by atoms with Gasteiger partial charge >= 0.3 is 391 Å². The second-order valence-corrected chi connectivity index (χ2v) is 104. The molecule has 0 aromatic heterocycles. The summed E-state index contributed by atoms with van der Waals surface area (Å²) in [5, 5.41) is 7.63. The molecule has 4 heterocycles. The van der Waals surface area contributed by atoms with Gasteiger partial charge in [0.25, 0.3) is 0 Å². The molecular formula is C22H54S20Sn8. The normalized spacial score (nSPS) is 16.4. The van der Waals surface area contributed by atoms with Gasteiger partial charge < -0.3 is 0 Å². The van der Waals surface area contributed by atoms with Gasteiger partial charge in [-0.1, -0.05) is 36.1 Å². The van der Waals surface area contributed by atoms with Gasteiger partial charge in [0.05, 0.1) is 0 Å². The van der Waals surface area contributed by atoms with Crippen LogP contribution in [0.15, 0.2) is 0 Å². The molecule has 4 aliphatic rings. The van der Waals surface area contributed by atoms with Gasteiger partial charge in [-0.15, -0.1) is 11.8 Å². The van der Waals surface area contributed by atoms with Crippen LogP contribution < -0.4 is 0 Å². The Balaban J connectivity index is -0.000000170. The molecule has 28 heteroatoms. The van der Waals surface area contributed by atoms with E-state index in [0.29, 0.717) is 0 Å². The van der Waals surface area contributed by atoms with E-state index in [9.17, 15) is 0 Å². The van der Waals surface area contributed by atoms with E-state index < -0.39 is 0 Å². The van der Waals surface area contributed by atoms with Gasteiger partial charge in [-0.25, -0.2) is 0 Å². The topological polar surface area (TPSA) is 0 Å². The molecule has 4 saturated heterocycles. The fourth-order valence-corrected chi connectivity index (χ4v) is 162. The van der Waals surface area contributed by atoms with E-state index in [4.69, 9.17) is 0 Å². The van der Waals surface area contributed by atoms with Crippen LogP contribution in [-0.2, 0) is 0 Å². The third-order valence-electron chi connectivity index (χ3n) is 3.25. The first-order valence-corrected chi connectivity index (χ1v) is 89.2. The Hall–Kier alpha value is 13.4. The van der Waals surface area contributed by atoms with Crippen LogP contribution in [0.4, 0.5) is 0 Å². The number of rotatable bonds is 17. The molecule has 0 saturated carbocycles. The first-order valence-electron chi connectivity index (χ1n) is 13.3. The summed E-state index contributed by atoms with van der Waals surface area (Å²) in [5.41, 5.74) is 0. The van der Waals surface area contributed by atoms with Gasteiger partial charge in [0, 0.05) is 5.08 Å². The molecule has 0 aromatic carbocycles. The van der Waals surface area contributed by atoms with Crippen molar-refractivity contribution < 1.29 is 0 Å². The predicted molar refractivity (Wildman–Crippen MR) is 313 cm³/mol. The van der Waals surface area contributed by atoms with E-state index in [1.807, 2.05) is 41.4 Å². The third-order valence-corrected chi connectivity index (χ3v) is 129. The summed E-state index contributed by atoms with van der Waals surface area (Å²) in [6.45, 7) is 11.3. The molecule has 4 fully saturated rings. The molecule has 0 atom stereocenters. The zero-order valence-electron chi connectivity index (χ0n) is 27.5. The van der Waals surface area contributed by atoms with Crippen molar-refractivity contribution in [3.05, 3.63) is 0 Å². The Morgan fingerprint density at radius 2 is 1.00 bits per heavy atom. The third kappa shape index (κ3) is 57.5. The van der Waals surface area contributed by atoms with Crippen molar-refractivity contribution in [3.63, 3.8) is 0 Å². The first kappa shape index (κ1) is 72.4. The Morgan fingerprint density at radius 1 is 0.580 bits per heavy atom. The average Bonchev–Trinajstić information content (AvgIpc) is 2.95. The molecule has 1 spiro atoms. The number of thioether (sulfide) groups is 4. The van der Waals surface area contributed by atoms with Crippen molar-refractivity contribution in [1.82, 2.24) is 0 Å². The van der Waals surface area contributed by atoms with Crippen LogP contribution >= 0.6 is 190 Å². The van der Waals surface area contributed by atoms with Crippen molar-refractivity contribution in [1.29, 1.82) is 0 Å². The van der Waals surface area contributed by atoms with E-state index in [2.05, 4.69) is 202 Å². The van der Waals surface area contributed by atoms with Crippen LogP contribution in [0.5, 0.6) is 0 Å². The van der Waals surface area contributed by atoms with E-state index in [1.54, 1.807) is 0 Å². The second-order valence-electron chi connectivity index (χ2n) is 6.99. The maximum atomic E-state index is 2.32. The molecule has 4 aliphatic heterocycles. The van der Waals surface area contributed by atoms with Crippen molar-refractivity contribution in [2.75, 3.05) is 61.5 Å². The molecule has 0 bridgehead atoms. The van der Waals surface area contributed by atoms with Crippen LogP contribution in [-0.4, -0.2) is 220 Å². The van der Waals surface area contributed by atoms with Crippen molar-refractivity contribution >= 4 is 337 Å². The Bertz CT molecular complexity index is 525. The number of hydrogen-bond donors (Lipinski definition) is 0. The van der Waals surface area contributed by atoms with Crippen LogP contribution in [0.25, 0.3) is 0 Å². The van der Waals surface area contributed by atoms with Crippen LogP contribution in [0.1, 0.15) is 56.9 Å². The molecule has 50 heavy (non-hydrogen) atoms. The van der Waals surface area contributed by atoms with E-state index in [0.717, 1.165) is 11.9 Å². The van der Waals surface area contributed by atoms with Gasteiger partial charge in [-0.2, -0.15) is 11.8 Å². The number of hydrogen-bond acceptors (Lipinski definition) is 20. The summed E-state index contributed by atoms with van der Waals surface area (Å²) in [6.07, 6.45) is 6.50. The fraction of sp³-hybridized carbons (Fsp3) is 1.00. The van der Waals surface area contributed by atoms with E-state index in [1.165, 1.54) is 42.7 Å². The fourth-order valence-electron chi connectivity index (χ4n) is 1.43. The molecule has 0 aromatic rings. The van der Waals surface area contributed by atoms with Crippen LogP contribution in [0.2, 0.25) is 0 Å². The SMILES string of the molecule is C.C.C.C1[S][Sn][S]1.C1[S][Sn][S]C[S][Sn][S]1.CCSCSC([S][Sn][S]CC)[S][Sn][S]CC.CSCSC(C)C.C[S][Sn][S]C.[S]1[Sn][S]C12[S][Sn][S]2. The minimum atomic E-state index is -0.168. The summed E-state index contributed by atoms with van der Waals surface area (Å²) in [5.74, 6) is 3.92. The minimum absolute atomic E-state index is 0. The Morgan fingerprint density at radius 3 is 1.22 bits per heavy atom. The predicted octanol–water partition coefficient (Wildman–Crippen LogP) is 14.9. The molecule has 0 aliphatic carbocycles. The van der Waals surface area contributed by atoms with Gasteiger partial charge in [-0.05, 0) is 11.5 Å². The van der Waals surface area contributed by atoms with Crippen molar-refractivity contribution in [3.8, 4) is 0 Å². The van der Waals surface area contributed by atoms with Gasteiger partial charge in [-0.3, -0.25) is 0 Å². The molecule has 0 nitrogen and oxygen atoms in total. The van der Waals surface area contributed by atoms with Gasteiger partial charge in [0.1, 0.15) is 0 Å². The quantitative estimate of drug-likeness (QED) is 0.0770. The molecular weight excluding hydrogens is 1860 g/mol. The molecule has 294 valence electrons. The Labute approximate surface area is 455 Å². The summed E-state index contributed by atoms with van der Waals surface area (Å²) in [7, 11) is 35.7. The monoisotopic (exact) mass is 1920 g/mol. The summed E-state index contributed by atoms with van der Waals surface area (Å²) in [4.78, 5) is 0. The molecule has 0 unspecified atom stereocenters. The van der Waals surface area contributed by atoms with Crippen LogP contribution in [0, 0.1) is 0 Å². The second kappa shape index (κ2) is 62.4. The summed E-state index contributed by atoms with van der Waals surface area (Å²) < 4.78 is 1.65. The zero-order chi connectivity index (χ0) is 35.1. The zero-order valence-corrected chi connectivity index (χ0v) is 66.6. The molecule has 0 amide bonds. The van der Waals surface area contributed by atoms with Crippen molar-refractivity contribution in [2.24, 2.45) is 0 Å².